The first-order valence-corrected chi connectivity index (χ1v) is 6.81. The summed E-state index contributed by atoms with van der Waals surface area (Å²) in [6, 6.07) is 6.75. The number of benzene rings is 1. The zero-order valence-electron chi connectivity index (χ0n) is 10.9. The minimum atomic E-state index is 0.847. The van der Waals surface area contributed by atoms with Crippen LogP contribution < -0.4 is 5.32 Å². The summed E-state index contributed by atoms with van der Waals surface area (Å²) in [6.45, 7) is 9.48. The molecule has 0 aromatic heterocycles. The van der Waals surface area contributed by atoms with Gasteiger partial charge in [0.05, 0.1) is 0 Å². The minimum absolute atomic E-state index is 0.847. The maximum Gasteiger partial charge on any atom is 0.0419 e. The molecular weight excluding hydrogens is 208 g/mol. The van der Waals surface area contributed by atoms with E-state index in [9.17, 15) is 0 Å². The Hall–Kier alpha value is -1.02. The largest absolute Gasteiger partial charge is 0.384 e. The fraction of sp³-hybridized carbons (Fsp3) is 0.600. The molecule has 3 rings (SSSR count). The van der Waals surface area contributed by atoms with Gasteiger partial charge in [-0.1, -0.05) is 32.0 Å². The molecule has 92 valence electrons. The lowest BCUT2D eigenvalue weighted by Gasteiger charge is -2.18. The Morgan fingerprint density at radius 2 is 2.00 bits per heavy atom. The molecule has 0 spiro atoms. The van der Waals surface area contributed by atoms with Gasteiger partial charge in [-0.25, -0.2) is 0 Å². The summed E-state index contributed by atoms with van der Waals surface area (Å²) < 4.78 is 0. The highest BCUT2D eigenvalue weighted by atomic mass is 15.2. The summed E-state index contributed by atoms with van der Waals surface area (Å²) in [5.74, 6) is 1.69. The van der Waals surface area contributed by atoms with Crippen LogP contribution in [0.5, 0.6) is 0 Å². The van der Waals surface area contributed by atoms with Crippen molar-refractivity contribution in [3.8, 4) is 0 Å². The molecule has 2 atom stereocenters. The zero-order valence-corrected chi connectivity index (χ0v) is 10.9. The molecule has 2 nitrogen and oxygen atoms in total. The number of hydrogen-bond acceptors (Lipinski definition) is 2. The maximum atomic E-state index is 3.54. The van der Waals surface area contributed by atoms with Crippen LogP contribution in [0.1, 0.15) is 25.0 Å². The predicted molar refractivity (Wildman–Crippen MR) is 72.2 cm³/mol. The van der Waals surface area contributed by atoms with Crippen LogP contribution >= 0.6 is 0 Å². The second-order valence-electron chi connectivity index (χ2n) is 5.78. The molecule has 0 saturated carbocycles. The van der Waals surface area contributed by atoms with E-state index in [0.717, 1.165) is 24.9 Å². The average Bonchev–Trinajstić information content (AvgIpc) is 2.87. The van der Waals surface area contributed by atoms with E-state index in [4.69, 9.17) is 0 Å². The van der Waals surface area contributed by atoms with E-state index < -0.39 is 0 Å². The Labute approximate surface area is 104 Å². The number of nitrogens with zero attached hydrogens (tertiary/aromatic N) is 1. The summed E-state index contributed by atoms with van der Waals surface area (Å²) in [7, 11) is 0. The first-order valence-electron chi connectivity index (χ1n) is 6.81. The standard InChI is InChI=1S/C15H22N2/c1-11-8-17(9-12(11)2)10-14-5-3-4-13-6-7-16-15(13)14/h3-5,11-12,16H,6-10H2,1-2H3. The van der Waals surface area contributed by atoms with Crippen LogP contribution in [0.3, 0.4) is 0 Å². The number of hydrogen-bond donors (Lipinski definition) is 1. The van der Waals surface area contributed by atoms with Crippen molar-refractivity contribution in [3.05, 3.63) is 29.3 Å². The van der Waals surface area contributed by atoms with Gasteiger partial charge in [-0.3, -0.25) is 4.90 Å². The lowest BCUT2D eigenvalue weighted by Crippen LogP contribution is -2.20. The molecule has 0 bridgehead atoms. The monoisotopic (exact) mass is 230 g/mol. The number of para-hydroxylation sites is 1. The van der Waals surface area contributed by atoms with E-state index >= 15 is 0 Å². The SMILES string of the molecule is CC1CN(Cc2cccc3c2NCC3)CC1C. The molecule has 0 aliphatic carbocycles. The quantitative estimate of drug-likeness (QED) is 0.840. The topological polar surface area (TPSA) is 15.3 Å². The molecule has 1 fully saturated rings. The van der Waals surface area contributed by atoms with Crippen LogP contribution in [0.4, 0.5) is 5.69 Å². The van der Waals surface area contributed by atoms with Crippen LogP contribution in [-0.4, -0.2) is 24.5 Å². The van der Waals surface area contributed by atoms with Gasteiger partial charge in [-0.2, -0.15) is 0 Å². The maximum absolute atomic E-state index is 3.54. The molecule has 1 aromatic rings. The molecule has 1 saturated heterocycles. The Kier molecular flexibility index (Phi) is 2.83. The fourth-order valence-electron chi connectivity index (χ4n) is 3.16. The van der Waals surface area contributed by atoms with Crippen molar-refractivity contribution in [2.45, 2.75) is 26.8 Å². The third-order valence-electron chi connectivity index (χ3n) is 4.39. The first-order chi connectivity index (χ1) is 8.24. The van der Waals surface area contributed by atoms with Crippen molar-refractivity contribution in [1.29, 1.82) is 0 Å². The Bertz CT molecular complexity index is 403. The van der Waals surface area contributed by atoms with Gasteiger partial charge in [-0.15, -0.1) is 0 Å². The second kappa shape index (κ2) is 4.34. The second-order valence-corrected chi connectivity index (χ2v) is 5.78. The van der Waals surface area contributed by atoms with E-state index in [1.165, 1.54) is 36.3 Å². The smallest absolute Gasteiger partial charge is 0.0419 e. The molecule has 1 N–H and O–H groups in total. The van der Waals surface area contributed by atoms with Gasteiger partial charge in [0.2, 0.25) is 0 Å². The number of likely N-dealkylation sites (tertiary alicyclic amines) is 1. The molecule has 2 unspecified atom stereocenters. The predicted octanol–water partition coefficient (Wildman–Crippen LogP) is 2.74. The van der Waals surface area contributed by atoms with Gasteiger partial charge in [0.1, 0.15) is 0 Å². The van der Waals surface area contributed by atoms with E-state index in [-0.39, 0.29) is 0 Å². The highest BCUT2D eigenvalue weighted by molar-refractivity contribution is 5.61. The number of fused-ring (bicyclic) bond motifs is 1. The van der Waals surface area contributed by atoms with Crippen LogP contribution in [0.25, 0.3) is 0 Å². The van der Waals surface area contributed by atoms with Gasteiger partial charge in [0.15, 0.2) is 0 Å². The molecule has 2 heterocycles. The highest BCUT2D eigenvalue weighted by Gasteiger charge is 2.26. The van der Waals surface area contributed by atoms with Gasteiger partial charge in [0, 0.05) is 31.9 Å². The van der Waals surface area contributed by atoms with Crippen molar-refractivity contribution < 1.29 is 0 Å². The lowest BCUT2D eigenvalue weighted by atomic mass is 10.0. The number of anilines is 1. The van der Waals surface area contributed by atoms with Crippen molar-refractivity contribution in [1.82, 2.24) is 4.90 Å². The number of rotatable bonds is 2. The van der Waals surface area contributed by atoms with Gasteiger partial charge in [-0.05, 0) is 29.4 Å². The summed E-state index contributed by atoms with van der Waals surface area (Å²) in [6.07, 6.45) is 1.19. The third kappa shape index (κ3) is 2.06. The molecule has 2 heteroatoms. The fourth-order valence-corrected chi connectivity index (χ4v) is 3.16. The summed E-state index contributed by atoms with van der Waals surface area (Å²) >= 11 is 0. The lowest BCUT2D eigenvalue weighted by molar-refractivity contribution is 0.316. The van der Waals surface area contributed by atoms with Crippen molar-refractivity contribution in [2.24, 2.45) is 11.8 Å². The summed E-state index contributed by atoms with van der Waals surface area (Å²) in [5.41, 5.74) is 4.41. The van der Waals surface area contributed by atoms with Crippen LogP contribution in [-0.2, 0) is 13.0 Å². The van der Waals surface area contributed by atoms with E-state index in [2.05, 4.69) is 42.3 Å². The summed E-state index contributed by atoms with van der Waals surface area (Å²) in [5, 5.41) is 3.54. The molecule has 2 aliphatic rings. The van der Waals surface area contributed by atoms with E-state index in [0.29, 0.717) is 0 Å². The normalized spacial score (nSPS) is 28.1. The Morgan fingerprint density at radius 3 is 2.76 bits per heavy atom. The van der Waals surface area contributed by atoms with Crippen molar-refractivity contribution in [2.75, 3.05) is 25.0 Å². The average molecular weight is 230 g/mol. The molecule has 2 aliphatic heterocycles. The minimum Gasteiger partial charge on any atom is -0.384 e. The van der Waals surface area contributed by atoms with Gasteiger partial charge in [0.25, 0.3) is 0 Å². The van der Waals surface area contributed by atoms with Crippen molar-refractivity contribution in [3.63, 3.8) is 0 Å². The molecule has 17 heavy (non-hydrogen) atoms. The Balaban J connectivity index is 1.76. The van der Waals surface area contributed by atoms with Gasteiger partial charge < -0.3 is 5.32 Å². The molecule has 1 aromatic carbocycles. The Morgan fingerprint density at radius 1 is 1.24 bits per heavy atom. The molecule has 0 radical (unpaired) electrons. The van der Waals surface area contributed by atoms with E-state index in [1.807, 2.05) is 0 Å². The van der Waals surface area contributed by atoms with Gasteiger partial charge >= 0.3 is 0 Å². The molecular formula is C15H22N2. The van der Waals surface area contributed by atoms with Crippen LogP contribution in [0.2, 0.25) is 0 Å². The zero-order chi connectivity index (χ0) is 11.8. The highest BCUT2D eigenvalue weighted by Crippen LogP contribution is 2.30. The van der Waals surface area contributed by atoms with E-state index in [1.54, 1.807) is 0 Å². The third-order valence-corrected chi connectivity index (χ3v) is 4.39. The number of nitrogens with one attached hydrogen (secondary N) is 1. The van der Waals surface area contributed by atoms with Crippen LogP contribution in [0.15, 0.2) is 18.2 Å². The van der Waals surface area contributed by atoms with Crippen molar-refractivity contribution >= 4 is 5.69 Å². The summed E-state index contributed by atoms with van der Waals surface area (Å²) in [4.78, 5) is 2.60. The first kappa shape index (κ1) is 11.1. The molecule has 0 amide bonds. The van der Waals surface area contributed by atoms with Crippen LogP contribution in [0, 0.1) is 11.8 Å².